The summed E-state index contributed by atoms with van der Waals surface area (Å²) in [7, 11) is 1.57. The van der Waals surface area contributed by atoms with Crippen LogP contribution in [0.25, 0.3) is 0 Å². The maximum absolute atomic E-state index is 10.9. The van der Waals surface area contributed by atoms with Gasteiger partial charge < -0.3 is 15.2 Å². The molecule has 0 bridgehead atoms. The van der Waals surface area contributed by atoms with Crippen LogP contribution in [0, 0.1) is 17.0 Å². The number of nitro benzene ring substituents is 1. The van der Waals surface area contributed by atoms with Crippen molar-refractivity contribution in [3.05, 3.63) is 33.9 Å². The lowest BCUT2D eigenvalue weighted by molar-refractivity contribution is -0.384. The van der Waals surface area contributed by atoms with Crippen molar-refractivity contribution in [2.24, 2.45) is 0 Å². The number of nitro groups is 1. The summed E-state index contributed by atoms with van der Waals surface area (Å²) in [5.41, 5.74) is 1.25. The number of nitrogens with zero attached hydrogens (tertiary/aromatic N) is 1. The molecule has 18 heavy (non-hydrogen) atoms. The van der Waals surface area contributed by atoms with Crippen LogP contribution in [0.4, 0.5) is 11.4 Å². The molecule has 0 aromatic heterocycles. The van der Waals surface area contributed by atoms with Crippen molar-refractivity contribution in [1.82, 2.24) is 0 Å². The Morgan fingerprint density at radius 3 is 2.83 bits per heavy atom. The summed E-state index contributed by atoms with van der Waals surface area (Å²) in [4.78, 5) is 10.5. The monoisotopic (exact) mass is 254 g/mol. The zero-order valence-electron chi connectivity index (χ0n) is 10.5. The highest BCUT2D eigenvalue weighted by Gasteiger charge is 2.18. The number of methoxy groups -OCH3 is 1. The van der Waals surface area contributed by atoms with E-state index in [9.17, 15) is 15.2 Å². The van der Waals surface area contributed by atoms with Crippen molar-refractivity contribution in [3.63, 3.8) is 0 Å². The van der Waals surface area contributed by atoms with Gasteiger partial charge >= 0.3 is 0 Å². The van der Waals surface area contributed by atoms with Crippen LogP contribution in [0.1, 0.15) is 12.0 Å². The minimum Gasteiger partial charge on any atom is -0.394 e. The fraction of sp³-hybridized carbons (Fsp3) is 0.500. The summed E-state index contributed by atoms with van der Waals surface area (Å²) in [6.45, 7) is 2.17. The smallest absolute Gasteiger partial charge is 0.292 e. The Morgan fingerprint density at radius 1 is 1.56 bits per heavy atom. The second-order valence-corrected chi connectivity index (χ2v) is 4.03. The molecular formula is C12H18N2O4. The molecule has 0 aliphatic rings. The van der Waals surface area contributed by atoms with Crippen LogP contribution in [-0.4, -0.2) is 36.4 Å². The zero-order chi connectivity index (χ0) is 13.5. The van der Waals surface area contributed by atoms with Gasteiger partial charge in [0.25, 0.3) is 5.69 Å². The SMILES string of the molecule is COCCC(CO)Nc1c(C)cccc1[N+](=O)[O-]. The highest BCUT2D eigenvalue weighted by Crippen LogP contribution is 2.28. The number of hydrogen-bond donors (Lipinski definition) is 2. The number of benzene rings is 1. The highest BCUT2D eigenvalue weighted by molar-refractivity contribution is 5.66. The Kier molecular flexibility index (Phi) is 5.54. The molecule has 1 atom stereocenters. The van der Waals surface area contributed by atoms with Gasteiger partial charge in [0.15, 0.2) is 0 Å². The number of rotatable bonds is 7. The fourth-order valence-electron chi connectivity index (χ4n) is 1.67. The molecule has 1 aromatic carbocycles. The van der Waals surface area contributed by atoms with E-state index in [0.717, 1.165) is 5.56 Å². The van der Waals surface area contributed by atoms with E-state index in [0.29, 0.717) is 18.7 Å². The molecule has 1 rings (SSSR count). The van der Waals surface area contributed by atoms with Gasteiger partial charge in [0.1, 0.15) is 5.69 Å². The van der Waals surface area contributed by atoms with Crippen LogP contribution in [0.2, 0.25) is 0 Å². The lowest BCUT2D eigenvalue weighted by Gasteiger charge is -2.18. The minimum atomic E-state index is -0.430. The van der Waals surface area contributed by atoms with E-state index in [1.54, 1.807) is 26.2 Å². The number of aliphatic hydroxyl groups excluding tert-OH is 1. The molecule has 1 aromatic rings. The van der Waals surface area contributed by atoms with Gasteiger partial charge in [-0.3, -0.25) is 10.1 Å². The fourth-order valence-corrected chi connectivity index (χ4v) is 1.67. The van der Waals surface area contributed by atoms with Crippen LogP contribution in [0.3, 0.4) is 0 Å². The molecule has 2 N–H and O–H groups in total. The number of ether oxygens (including phenoxy) is 1. The summed E-state index contributed by atoms with van der Waals surface area (Å²) in [5, 5.41) is 23.2. The topological polar surface area (TPSA) is 84.6 Å². The van der Waals surface area contributed by atoms with Gasteiger partial charge in [-0.2, -0.15) is 0 Å². The molecular weight excluding hydrogens is 236 g/mol. The van der Waals surface area contributed by atoms with E-state index in [-0.39, 0.29) is 18.3 Å². The maximum atomic E-state index is 10.9. The Hall–Kier alpha value is -1.66. The van der Waals surface area contributed by atoms with Crippen molar-refractivity contribution in [2.45, 2.75) is 19.4 Å². The molecule has 0 aliphatic heterocycles. The van der Waals surface area contributed by atoms with E-state index in [2.05, 4.69) is 5.32 Å². The first-order chi connectivity index (χ1) is 8.60. The molecule has 0 amide bonds. The number of aliphatic hydroxyl groups is 1. The molecule has 0 saturated carbocycles. The predicted molar refractivity (Wildman–Crippen MR) is 68.8 cm³/mol. The molecule has 1 unspecified atom stereocenters. The lowest BCUT2D eigenvalue weighted by Crippen LogP contribution is -2.26. The van der Waals surface area contributed by atoms with Crippen molar-refractivity contribution < 1.29 is 14.8 Å². The maximum Gasteiger partial charge on any atom is 0.292 e. The second kappa shape index (κ2) is 6.93. The number of aryl methyl sites for hydroxylation is 1. The third-order valence-electron chi connectivity index (χ3n) is 2.69. The summed E-state index contributed by atoms with van der Waals surface area (Å²) in [6, 6.07) is 4.62. The Balaban J connectivity index is 2.90. The second-order valence-electron chi connectivity index (χ2n) is 4.03. The summed E-state index contributed by atoms with van der Waals surface area (Å²) in [6.07, 6.45) is 0.582. The van der Waals surface area contributed by atoms with Crippen molar-refractivity contribution >= 4 is 11.4 Å². The molecule has 0 aliphatic carbocycles. The summed E-state index contributed by atoms with van der Waals surface area (Å²) < 4.78 is 4.93. The van der Waals surface area contributed by atoms with E-state index < -0.39 is 4.92 Å². The van der Waals surface area contributed by atoms with Crippen molar-refractivity contribution in [3.8, 4) is 0 Å². The highest BCUT2D eigenvalue weighted by atomic mass is 16.6. The molecule has 6 nitrogen and oxygen atoms in total. The van der Waals surface area contributed by atoms with Crippen LogP contribution in [-0.2, 0) is 4.74 Å². The molecule has 0 saturated heterocycles. The Labute approximate surface area is 106 Å². The molecule has 0 fully saturated rings. The van der Waals surface area contributed by atoms with Gasteiger partial charge in [-0.05, 0) is 18.9 Å². The van der Waals surface area contributed by atoms with Crippen molar-refractivity contribution in [1.29, 1.82) is 0 Å². The normalized spacial score (nSPS) is 12.2. The number of nitrogens with one attached hydrogen (secondary N) is 1. The molecule has 0 heterocycles. The molecule has 0 spiro atoms. The van der Waals surface area contributed by atoms with E-state index in [1.807, 2.05) is 0 Å². The number of anilines is 1. The minimum absolute atomic E-state index is 0.0193. The molecule has 100 valence electrons. The Morgan fingerprint density at radius 2 is 2.28 bits per heavy atom. The quantitative estimate of drug-likeness (QED) is 0.571. The van der Waals surface area contributed by atoms with Crippen LogP contribution in [0.5, 0.6) is 0 Å². The van der Waals surface area contributed by atoms with Gasteiger partial charge in [0, 0.05) is 19.8 Å². The van der Waals surface area contributed by atoms with E-state index >= 15 is 0 Å². The first-order valence-electron chi connectivity index (χ1n) is 5.70. The zero-order valence-corrected chi connectivity index (χ0v) is 10.5. The average molecular weight is 254 g/mol. The first-order valence-corrected chi connectivity index (χ1v) is 5.70. The third-order valence-corrected chi connectivity index (χ3v) is 2.69. The van der Waals surface area contributed by atoms with Crippen LogP contribution >= 0.6 is 0 Å². The number of hydrogen-bond acceptors (Lipinski definition) is 5. The average Bonchev–Trinajstić information content (AvgIpc) is 2.35. The van der Waals surface area contributed by atoms with Crippen molar-refractivity contribution in [2.75, 3.05) is 25.6 Å². The lowest BCUT2D eigenvalue weighted by atomic mass is 10.1. The summed E-state index contributed by atoms with van der Waals surface area (Å²) >= 11 is 0. The van der Waals surface area contributed by atoms with Gasteiger partial charge in [-0.25, -0.2) is 0 Å². The van der Waals surface area contributed by atoms with Crippen LogP contribution in [0.15, 0.2) is 18.2 Å². The largest absolute Gasteiger partial charge is 0.394 e. The summed E-state index contributed by atoms with van der Waals surface area (Å²) in [5.74, 6) is 0. The van der Waals surface area contributed by atoms with Gasteiger partial charge in [-0.1, -0.05) is 12.1 Å². The molecule has 6 heteroatoms. The predicted octanol–water partition coefficient (Wildman–Crippen LogP) is 1.71. The molecule has 0 radical (unpaired) electrons. The first kappa shape index (κ1) is 14.4. The Bertz CT molecular complexity index is 409. The van der Waals surface area contributed by atoms with Crippen LogP contribution < -0.4 is 5.32 Å². The number of para-hydroxylation sites is 1. The standard InChI is InChI=1S/C12H18N2O4/c1-9-4-3-5-11(14(16)17)12(9)13-10(8-15)6-7-18-2/h3-5,10,13,15H,6-8H2,1-2H3. The third kappa shape index (κ3) is 3.68. The van der Waals surface area contributed by atoms with E-state index in [1.165, 1.54) is 6.07 Å². The van der Waals surface area contributed by atoms with Gasteiger partial charge in [0.05, 0.1) is 17.6 Å². The van der Waals surface area contributed by atoms with E-state index in [4.69, 9.17) is 4.74 Å². The van der Waals surface area contributed by atoms with Gasteiger partial charge in [-0.15, -0.1) is 0 Å². The van der Waals surface area contributed by atoms with Gasteiger partial charge in [0.2, 0.25) is 0 Å².